The van der Waals surface area contributed by atoms with Gasteiger partial charge in [-0.15, -0.1) is 0 Å². The molecule has 1 saturated heterocycles. The Balaban J connectivity index is 1.98. The first-order chi connectivity index (χ1) is 12.3. The highest BCUT2D eigenvalue weighted by Gasteiger charge is 2.45. The van der Waals surface area contributed by atoms with Crippen LogP contribution in [0.25, 0.3) is 0 Å². The van der Waals surface area contributed by atoms with E-state index in [9.17, 15) is 9.59 Å². The van der Waals surface area contributed by atoms with Gasteiger partial charge in [-0.1, -0.05) is 24.8 Å². The molecule has 26 heavy (non-hydrogen) atoms. The van der Waals surface area contributed by atoms with Gasteiger partial charge in [0.2, 0.25) is 0 Å². The highest BCUT2D eigenvalue weighted by molar-refractivity contribution is 5.91. The summed E-state index contributed by atoms with van der Waals surface area (Å²) in [6.45, 7) is 12.4. The minimum absolute atomic E-state index is 0.324. The highest BCUT2D eigenvalue weighted by atomic mass is 16.6. The molecule has 3 rings (SSSR count). The van der Waals surface area contributed by atoms with Crippen molar-refractivity contribution in [2.24, 2.45) is 11.8 Å². The molecule has 5 nitrogen and oxygen atoms in total. The molecular formula is C21H26O5. The fraction of sp³-hybridized carbons (Fsp3) is 0.524. The topological polar surface area (TPSA) is 61.8 Å². The first-order valence-corrected chi connectivity index (χ1v) is 9.06. The van der Waals surface area contributed by atoms with Crippen molar-refractivity contribution in [2.45, 2.75) is 45.3 Å². The second-order valence-corrected chi connectivity index (χ2v) is 7.49. The van der Waals surface area contributed by atoms with E-state index in [1.807, 2.05) is 13.0 Å². The maximum absolute atomic E-state index is 12.2. The molecule has 0 aromatic rings. The molecule has 2 bridgehead atoms. The van der Waals surface area contributed by atoms with Crippen molar-refractivity contribution in [1.29, 1.82) is 0 Å². The summed E-state index contributed by atoms with van der Waals surface area (Å²) in [7, 11) is 0. The number of allylic oxidation sites excluding steroid dienone is 2. The number of hydrogen-bond acceptors (Lipinski definition) is 5. The molecule has 2 heterocycles. The zero-order valence-corrected chi connectivity index (χ0v) is 15.5. The number of carbonyl (C=O) groups excluding carboxylic acids is 2. The third-order valence-electron chi connectivity index (χ3n) is 5.16. The SMILES string of the molecule is C=C(C)C(=O)O[C@@H]1/C=C(\C)C[C@@H]2C=C(COCC2)C[C@@H]2OC(=O)C(=C)[C@H]21. The van der Waals surface area contributed by atoms with E-state index in [2.05, 4.69) is 19.2 Å². The Morgan fingerprint density at radius 2 is 2.08 bits per heavy atom. The minimum Gasteiger partial charge on any atom is -0.458 e. The standard InChI is InChI=1S/C21H26O5/c1-12(2)20(22)25-17-8-13(3)7-15-5-6-24-11-16(9-15)10-18-19(17)14(4)21(23)26-18/h8-9,15,17-19H,1,4-7,10-11H2,2-3H3/b13-8+/t15-,17-,18+,19+/m1/s1. The summed E-state index contributed by atoms with van der Waals surface area (Å²) >= 11 is 0. The highest BCUT2D eigenvalue weighted by Crippen LogP contribution is 2.38. The lowest BCUT2D eigenvalue weighted by atomic mass is 9.83. The molecule has 1 fully saturated rings. The summed E-state index contributed by atoms with van der Waals surface area (Å²) in [6.07, 6.45) is 5.59. The number of carbonyl (C=O) groups is 2. The predicted molar refractivity (Wildman–Crippen MR) is 97.2 cm³/mol. The molecular weight excluding hydrogens is 332 g/mol. The third-order valence-corrected chi connectivity index (χ3v) is 5.16. The van der Waals surface area contributed by atoms with Gasteiger partial charge in [0.25, 0.3) is 0 Å². The number of hydrogen-bond donors (Lipinski definition) is 0. The third kappa shape index (κ3) is 3.98. The second kappa shape index (κ2) is 7.62. The van der Waals surface area contributed by atoms with Crippen molar-refractivity contribution in [3.05, 3.63) is 47.6 Å². The van der Waals surface area contributed by atoms with Gasteiger partial charge in [-0.25, -0.2) is 9.59 Å². The van der Waals surface area contributed by atoms with Gasteiger partial charge in [-0.05, 0) is 44.3 Å². The van der Waals surface area contributed by atoms with E-state index in [4.69, 9.17) is 14.2 Å². The molecule has 0 spiro atoms. The molecule has 3 aliphatic rings. The Kier molecular flexibility index (Phi) is 5.47. The normalized spacial score (nSPS) is 33.8. The van der Waals surface area contributed by atoms with Gasteiger partial charge in [-0.3, -0.25) is 0 Å². The van der Waals surface area contributed by atoms with E-state index < -0.39 is 30.1 Å². The minimum atomic E-state index is -0.593. The van der Waals surface area contributed by atoms with Crippen LogP contribution in [-0.4, -0.2) is 37.4 Å². The molecule has 4 atom stereocenters. The first-order valence-electron chi connectivity index (χ1n) is 9.06. The number of rotatable bonds is 2. The van der Waals surface area contributed by atoms with Gasteiger partial charge in [-0.2, -0.15) is 0 Å². The molecule has 0 N–H and O–H groups in total. The summed E-state index contributed by atoms with van der Waals surface area (Å²) in [5.41, 5.74) is 2.92. The Labute approximate surface area is 154 Å². The first kappa shape index (κ1) is 18.6. The summed E-state index contributed by atoms with van der Waals surface area (Å²) in [4.78, 5) is 24.3. The van der Waals surface area contributed by atoms with Crippen LogP contribution in [0.4, 0.5) is 0 Å². The summed E-state index contributed by atoms with van der Waals surface area (Å²) in [5, 5.41) is 0. The van der Waals surface area contributed by atoms with Gasteiger partial charge in [0.1, 0.15) is 12.2 Å². The van der Waals surface area contributed by atoms with Crippen LogP contribution in [0.3, 0.4) is 0 Å². The maximum atomic E-state index is 12.2. The van der Waals surface area contributed by atoms with Crippen molar-refractivity contribution < 1.29 is 23.8 Å². The molecule has 0 saturated carbocycles. The van der Waals surface area contributed by atoms with Crippen LogP contribution < -0.4 is 0 Å². The fourth-order valence-electron chi connectivity index (χ4n) is 3.87. The molecule has 0 aromatic heterocycles. The number of ether oxygens (including phenoxy) is 3. The Morgan fingerprint density at radius 1 is 1.31 bits per heavy atom. The van der Waals surface area contributed by atoms with E-state index in [1.54, 1.807) is 6.92 Å². The maximum Gasteiger partial charge on any atom is 0.334 e. The predicted octanol–water partition coefficient (Wildman–Crippen LogP) is 3.28. The fourth-order valence-corrected chi connectivity index (χ4v) is 3.87. The van der Waals surface area contributed by atoms with Crippen LogP contribution in [-0.2, 0) is 23.8 Å². The summed E-state index contributed by atoms with van der Waals surface area (Å²) in [6, 6.07) is 0. The van der Waals surface area contributed by atoms with Gasteiger partial charge < -0.3 is 14.2 Å². The van der Waals surface area contributed by atoms with Crippen LogP contribution in [0.1, 0.15) is 33.1 Å². The lowest BCUT2D eigenvalue weighted by Gasteiger charge is -2.27. The number of esters is 2. The summed E-state index contributed by atoms with van der Waals surface area (Å²) in [5.74, 6) is -0.921. The lowest BCUT2D eigenvalue weighted by Crippen LogP contribution is -2.33. The van der Waals surface area contributed by atoms with Crippen molar-refractivity contribution in [3.63, 3.8) is 0 Å². The van der Waals surface area contributed by atoms with Gasteiger partial charge in [0.15, 0.2) is 0 Å². The Hall–Kier alpha value is -2.14. The van der Waals surface area contributed by atoms with Gasteiger partial charge >= 0.3 is 11.9 Å². The van der Waals surface area contributed by atoms with Crippen LogP contribution in [0.5, 0.6) is 0 Å². The molecule has 140 valence electrons. The van der Waals surface area contributed by atoms with Crippen LogP contribution >= 0.6 is 0 Å². The van der Waals surface area contributed by atoms with E-state index in [0.29, 0.717) is 36.7 Å². The zero-order valence-electron chi connectivity index (χ0n) is 15.5. The van der Waals surface area contributed by atoms with Crippen LogP contribution in [0, 0.1) is 11.8 Å². The van der Waals surface area contributed by atoms with Gasteiger partial charge in [0, 0.05) is 24.2 Å². The quantitative estimate of drug-likeness (QED) is 0.431. The van der Waals surface area contributed by atoms with Crippen molar-refractivity contribution in [2.75, 3.05) is 13.2 Å². The average Bonchev–Trinajstić information content (AvgIpc) is 2.71. The largest absolute Gasteiger partial charge is 0.458 e. The molecule has 0 amide bonds. The van der Waals surface area contributed by atoms with Crippen molar-refractivity contribution in [1.82, 2.24) is 0 Å². The summed E-state index contributed by atoms with van der Waals surface area (Å²) < 4.78 is 17.0. The van der Waals surface area contributed by atoms with Crippen LogP contribution in [0.2, 0.25) is 0 Å². The molecule has 0 radical (unpaired) electrons. The van der Waals surface area contributed by atoms with E-state index >= 15 is 0 Å². The van der Waals surface area contributed by atoms with E-state index in [0.717, 1.165) is 24.0 Å². The monoisotopic (exact) mass is 358 g/mol. The van der Waals surface area contributed by atoms with E-state index in [1.165, 1.54) is 0 Å². The molecule has 5 heteroatoms. The van der Waals surface area contributed by atoms with Gasteiger partial charge in [0.05, 0.1) is 12.5 Å². The average molecular weight is 358 g/mol. The molecule has 1 aliphatic carbocycles. The zero-order chi connectivity index (χ0) is 18.8. The van der Waals surface area contributed by atoms with Crippen molar-refractivity contribution in [3.8, 4) is 0 Å². The van der Waals surface area contributed by atoms with Crippen LogP contribution in [0.15, 0.2) is 47.6 Å². The lowest BCUT2D eigenvalue weighted by molar-refractivity contribution is -0.145. The Morgan fingerprint density at radius 3 is 2.81 bits per heavy atom. The second-order valence-electron chi connectivity index (χ2n) is 7.49. The Bertz CT molecular complexity index is 699. The van der Waals surface area contributed by atoms with Crippen molar-refractivity contribution >= 4 is 11.9 Å². The smallest absolute Gasteiger partial charge is 0.334 e. The number of fused-ring (bicyclic) bond motifs is 2. The molecule has 2 aliphatic heterocycles. The molecule has 0 unspecified atom stereocenters. The molecule has 0 aromatic carbocycles. The van der Waals surface area contributed by atoms with E-state index in [-0.39, 0.29) is 0 Å².